The van der Waals surface area contributed by atoms with Gasteiger partial charge in [0, 0.05) is 28.2 Å². The Balaban J connectivity index is 1.11. The minimum Gasteiger partial charge on any atom is -0.456 e. The van der Waals surface area contributed by atoms with Crippen molar-refractivity contribution in [2.45, 2.75) is 12.0 Å². The molecule has 2 unspecified atom stereocenters. The molecule has 2 aliphatic rings. The number of hydrogen-bond acceptors (Lipinski definition) is 4. The van der Waals surface area contributed by atoms with E-state index in [1.54, 1.807) is 0 Å². The molecule has 0 amide bonds. The van der Waals surface area contributed by atoms with Crippen LogP contribution in [0, 0.1) is 0 Å². The van der Waals surface area contributed by atoms with Crippen molar-refractivity contribution in [2.24, 2.45) is 0 Å². The van der Waals surface area contributed by atoms with Crippen LogP contribution in [0.3, 0.4) is 0 Å². The first kappa shape index (κ1) is 23.0. The van der Waals surface area contributed by atoms with Crippen molar-refractivity contribution < 1.29 is 8.83 Å². The van der Waals surface area contributed by atoms with E-state index >= 15 is 0 Å². The Kier molecular flexibility index (Phi) is 4.53. The van der Waals surface area contributed by atoms with Crippen LogP contribution in [0.2, 0.25) is 0 Å². The van der Waals surface area contributed by atoms with Crippen LogP contribution in [-0.4, -0.2) is 11.0 Å². The molecule has 0 saturated heterocycles. The molecule has 10 rings (SSSR count). The van der Waals surface area contributed by atoms with Gasteiger partial charge in [-0.3, -0.25) is 0 Å². The van der Waals surface area contributed by atoms with E-state index in [0.29, 0.717) is 5.89 Å². The highest BCUT2D eigenvalue weighted by molar-refractivity contribution is 6.16. The third kappa shape index (κ3) is 3.29. The normalized spacial score (nSPS) is 17.2. The monoisotopic (exact) mass is 552 g/mol. The quantitative estimate of drug-likeness (QED) is 0.216. The molecule has 0 fully saturated rings. The Bertz CT molecular complexity index is 2540. The van der Waals surface area contributed by atoms with Crippen LogP contribution < -0.4 is 15.3 Å². The van der Waals surface area contributed by atoms with E-state index in [0.717, 1.165) is 44.3 Å². The fourth-order valence-electron chi connectivity index (χ4n) is 7.18. The summed E-state index contributed by atoms with van der Waals surface area (Å²) >= 11 is 0. The SMILES string of the molecule is C1=c2ccccc2=CC2C1c1cc3ccccc3cc1N2c1ccc(-c2nc3ccc4oc5ccccc5c4c3o2)cc1. The molecule has 0 saturated carbocycles. The van der Waals surface area contributed by atoms with Crippen molar-refractivity contribution in [3.05, 3.63) is 137 Å². The highest BCUT2D eigenvalue weighted by Gasteiger charge is 2.38. The number of rotatable bonds is 2. The van der Waals surface area contributed by atoms with E-state index < -0.39 is 0 Å². The fourth-order valence-corrected chi connectivity index (χ4v) is 7.18. The van der Waals surface area contributed by atoms with Gasteiger partial charge >= 0.3 is 0 Å². The number of oxazole rings is 1. The minimum atomic E-state index is 0.194. The highest BCUT2D eigenvalue weighted by atomic mass is 16.4. The summed E-state index contributed by atoms with van der Waals surface area (Å²) in [5.41, 5.74) is 7.97. The van der Waals surface area contributed by atoms with Gasteiger partial charge in [0.05, 0.1) is 11.4 Å². The molecular formula is C39H24N2O2. The van der Waals surface area contributed by atoms with E-state index in [9.17, 15) is 0 Å². The number of benzene rings is 6. The molecule has 3 heterocycles. The molecule has 1 aliphatic carbocycles. The van der Waals surface area contributed by atoms with Crippen LogP contribution in [0.4, 0.5) is 11.4 Å². The average molecular weight is 553 g/mol. The fraction of sp³-hybridized carbons (Fsp3) is 0.0513. The lowest BCUT2D eigenvalue weighted by Crippen LogP contribution is -2.38. The second kappa shape index (κ2) is 8.46. The van der Waals surface area contributed by atoms with Crippen LogP contribution in [0.15, 0.2) is 130 Å². The van der Waals surface area contributed by atoms with Crippen molar-refractivity contribution in [1.82, 2.24) is 4.98 Å². The average Bonchev–Trinajstić information content (AvgIpc) is 3.74. The molecule has 2 aromatic heterocycles. The second-order valence-electron chi connectivity index (χ2n) is 11.6. The van der Waals surface area contributed by atoms with Crippen molar-refractivity contribution >= 4 is 67.3 Å². The zero-order valence-electron chi connectivity index (χ0n) is 23.1. The zero-order valence-corrected chi connectivity index (χ0v) is 23.1. The van der Waals surface area contributed by atoms with Crippen molar-refractivity contribution in [3.63, 3.8) is 0 Å². The van der Waals surface area contributed by atoms with Crippen LogP contribution in [0.25, 0.3) is 67.4 Å². The maximum Gasteiger partial charge on any atom is 0.227 e. The Morgan fingerprint density at radius 1 is 0.628 bits per heavy atom. The first-order valence-corrected chi connectivity index (χ1v) is 14.7. The summed E-state index contributed by atoms with van der Waals surface area (Å²) in [5.74, 6) is 0.884. The van der Waals surface area contributed by atoms with Gasteiger partial charge in [-0.1, -0.05) is 78.9 Å². The molecule has 4 heteroatoms. The molecule has 202 valence electrons. The molecule has 6 aromatic carbocycles. The van der Waals surface area contributed by atoms with Gasteiger partial charge in [0.15, 0.2) is 5.58 Å². The van der Waals surface area contributed by atoms with E-state index in [1.807, 2.05) is 30.3 Å². The number of aromatic nitrogens is 1. The van der Waals surface area contributed by atoms with Crippen LogP contribution in [0.1, 0.15) is 11.5 Å². The third-order valence-electron chi connectivity index (χ3n) is 9.17. The van der Waals surface area contributed by atoms with Crippen molar-refractivity contribution in [1.29, 1.82) is 0 Å². The van der Waals surface area contributed by atoms with Crippen molar-refractivity contribution in [2.75, 3.05) is 4.90 Å². The standard InChI is InChI=1S/C39H24N2O2/c1-3-9-26-21-33-30(19-24(26)7-1)31-20-25-8-2-4-10-27(25)22-34(31)41(33)28-15-13-23(14-16-28)39-40-32-17-18-36-37(38(32)43-39)29-11-5-6-12-35(29)42-36/h1-22,30,33H. The lowest BCUT2D eigenvalue weighted by atomic mass is 9.88. The van der Waals surface area contributed by atoms with Gasteiger partial charge < -0.3 is 13.7 Å². The molecular weight excluding hydrogens is 528 g/mol. The van der Waals surface area contributed by atoms with Gasteiger partial charge in [0.25, 0.3) is 0 Å². The lowest BCUT2D eigenvalue weighted by Gasteiger charge is -2.29. The summed E-state index contributed by atoms with van der Waals surface area (Å²) < 4.78 is 12.5. The molecule has 0 N–H and O–H groups in total. The molecule has 8 aromatic rings. The predicted molar refractivity (Wildman–Crippen MR) is 174 cm³/mol. The summed E-state index contributed by atoms with van der Waals surface area (Å²) in [5, 5.41) is 7.13. The van der Waals surface area contributed by atoms with E-state index in [2.05, 4.69) is 108 Å². The number of para-hydroxylation sites is 1. The molecule has 0 bridgehead atoms. The van der Waals surface area contributed by atoms with E-state index in [4.69, 9.17) is 13.8 Å². The van der Waals surface area contributed by atoms with Gasteiger partial charge in [0.1, 0.15) is 16.7 Å². The summed E-state index contributed by atoms with van der Waals surface area (Å²) in [6, 6.07) is 42.9. The van der Waals surface area contributed by atoms with Crippen molar-refractivity contribution in [3.8, 4) is 11.5 Å². The Labute approximate surface area is 246 Å². The number of furan rings is 1. The Morgan fingerprint density at radius 3 is 2.23 bits per heavy atom. The number of nitrogens with zero attached hydrogens (tertiary/aromatic N) is 2. The first-order chi connectivity index (χ1) is 21.3. The molecule has 1 aliphatic heterocycles. The number of hydrogen-bond donors (Lipinski definition) is 0. The summed E-state index contributed by atoms with van der Waals surface area (Å²) in [7, 11) is 0. The topological polar surface area (TPSA) is 42.4 Å². The molecule has 0 radical (unpaired) electrons. The summed E-state index contributed by atoms with van der Waals surface area (Å²) in [6.07, 6.45) is 4.88. The maximum absolute atomic E-state index is 6.43. The lowest BCUT2D eigenvalue weighted by molar-refractivity contribution is 0.622. The summed E-state index contributed by atoms with van der Waals surface area (Å²) in [4.78, 5) is 7.37. The van der Waals surface area contributed by atoms with E-state index in [-0.39, 0.29) is 12.0 Å². The molecule has 2 atom stereocenters. The van der Waals surface area contributed by atoms with Crippen LogP contribution in [0.5, 0.6) is 0 Å². The van der Waals surface area contributed by atoms with Gasteiger partial charge in [-0.2, -0.15) is 0 Å². The third-order valence-corrected chi connectivity index (χ3v) is 9.17. The van der Waals surface area contributed by atoms with Gasteiger partial charge in [-0.15, -0.1) is 0 Å². The molecule has 0 spiro atoms. The van der Waals surface area contributed by atoms with Gasteiger partial charge in [0.2, 0.25) is 5.89 Å². The Hall–Kier alpha value is -5.61. The smallest absolute Gasteiger partial charge is 0.227 e. The molecule has 43 heavy (non-hydrogen) atoms. The van der Waals surface area contributed by atoms with Gasteiger partial charge in [-0.25, -0.2) is 4.98 Å². The molecule has 4 nitrogen and oxygen atoms in total. The second-order valence-corrected chi connectivity index (χ2v) is 11.6. The Morgan fingerprint density at radius 2 is 1.37 bits per heavy atom. The first-order valence-electron chi connectivity index (χ1n) is 14.7. The predicted octanol–water partition coefficient (Wildman–Crippen LogP) is 8.43. The highest BCUT2D eigenvalue weighted by Crippen LogP contribution is 2.49. The van der Waals surface area contributed by atoms with Crippen LogP contribution in [-0.2, 0) is 0 Å². The zero-order chi connectivity index (χ0) is 28.1. The van der Waals surface area contributed by atoms with Crippen LogP contribution >= 0.6 is 0 Å². The van der Waals surface area contributed by atoms with E-state index in [1.165, 1.54) is 32.5 Å². The largest absolute Gasteiger partial charge is 0.456 e. The number of anilines is 2. The van der Waals surface area contributed by atoms with Gasteiger partial charge in [-0.05, 0) is 81.4 Å². The minimum absolute atomic E-state index is 0.194. The summed E-state index contributed by atoms with van der Waals surface area (Å²) in [6.45, 7) is 0. The number of fused-ring (bicyclic) bond motifs is 10. The maximum atomic E-state index is 6.43.